The van der Waals surface area contributed by atoms with Gasteiger partial charge in [0.1, 0.15) is 19.0 Å². The lowest BCUT2D eigenvalue weighted by atomic mass is 10.1. The zero-order chi connectivity index (χ0) is 18.0. The van der Waals surface area contributed by atoms with Gasteiger partial charge < -0.3 is 10.8 Å². The molecule has 8 nitrogen and oxygen atoms in total. The number of piperazine rings is 1. The topological polar surface area (TPSA) is 113 Å². The van der Waals surface area contributed by atoms with Gasteiger partial charge in [-0.2, -0.15) is 0 Å². The minimum absolute atomic E-state index is 0.109. The summed E-state index contributed by atoms with van der Waals surface area (Å²) in [4.78, 5) is 41.1. The van der Waals surface area contributed by atoms with Crippen LogP contribution in [0.15, 0.2) is 18.2 Å². The summed E-state index contributed by atoms with van der Waals surface area (Å²) in [6, 6.07) is 0.879. The van der Waals surface area contributed by atoms with Crippen molar-refractivity contribution in [3.05, 3.63) is 35.1 Å². The number of rotatable bonds is 4. The highest BCUT2D eigenvalue weighted by molar-refractivity contribution is 5.90. The van der Waals surface area contributed by atoms with Crippen LogP contribution < -0.4 is 5.73 Å². The molecule has 1 heterocycles. The molecule has 0 saturated carbocycles. The number of primary amides is 1. The molecular formula is C15H18FN3O5. The van der Waals surface area contributed by atoms with E-state index in [2.05, 4.69) is 0 Å². The van der Waals surface area contributed by atoms with Gasteiger partial charge in [-0.1, -0.05) is 6.07 Å². The number of hydrogen-bond acceptors (Lipinski definition) is 4. The maximum absolute atomic E-state index is 13.3. The molecular weight excluding hydrogens is 321 g/mol. The fraction of sp³-hybridized carbons (Fsp3) is 0.400. The van der Waals surface area contributed by atoms with Crippen LogP contribution in [0.4, 0.5) is 9.18 Å². The SMILES string of the molecule is Cc1ccc(F)cc1CON1C(=O)CN(C(N)=O)[C@@H](C(=O)O)[C@@H]1C. The number of carbonyl (C=O) groups excluding carboxylic acids is 2. The minimum Gasteiger partial charge on any atom is -0.480 e. The molecule has 2 rings (SSSR count). The fourth-order valence-corrected chi connectivity index (χ4v) is 2.61. The number of halogens is 1. The summed E-state index contributed by atoms with van der Waals surface area (Å²) in [5, 5.41) is 10.2. The van der Waals surface area contributed by atoms with Crippen LogP contribution in [0.2, 0.25) is 0 Å². The number of hydrogen-bond donors (Lipinski definition) is 2. The number of aliphatic carboxylic acids is 1. The number of benzene rings is 1. The Hall–Kier alpha value is -2.68. The van der Waals surface area contributed by atoms with Gasteiger partial charge in [-0.05, 0) is 37.1 Å². The van der Waals surface area contributed by atoms with Crippen molar-refractivity contribution in [3.8, 4) is 0 Å². The van der Waals surface area contributed by atoms with Gasteiger partial charge in [0.2, 0.25) is 0 Å². The summed E-state index contributed by atoms with van der Waals surface area (Å²) in [7, 11) is 0. The Morgan fingerprint density at radius 3 is 2.71 bits per heavy atom. The van der Waals surface area contributed by atoms with Gasteiger partial charge in [0, 0.05) is 0 Å². The Labute approximate surface area is 137 Å². The zero-order valence-corrected chi connectivity index (χ0v) is 13.2. The maximum Gasteiger partial charge on any atom is 0.328 e. The summed E-state index contributed by atoms with van der Waals surface area (Å²) in [6.07, 6.45) is 0. The fourth-order valence-electron chi connectivity index (χ4n) is 2.61. The Bertz CT molecular complexity index is 681. The van der Waals surface area contributed by atoms with E-state index in [1.54, 1.807) is 13.0 Å². The number of carboxylic acids is 1. The first-order valence-corrected chi connectivity index (χ1v) is 7.21. The van der Waals surface area contributed by atoms with Crippen molar-refractivity contribution in [1.29, 1.82) is 0 Å². The highest BCUT2D eigenvalue weighted by Gasteiger charge is 2.45. The molecule has 0 bridgehead atoms. The van der Waals surface area contributed by atoms with Crippen LogP contribution in [-0.4, -0.2) is 51.6 Å². The number of amides is 3. The number of nitrogens with zero attached hydrogens (tertiary/aromatic N) is 2. The van der Waals surface area contributed by atoms with Gasteiger partial charge in [-0.25, -0.2) is 19.0 Å². The first-order chi connectivity index (χ1) is 11.2. The van der Waals surface area contributed by atoms with Crippen LogP contribution in [-0.2, 0) is 21.0 Å². The van der Waals surface area contributed by atoms with E-state index < -0.39 is 42.4 Å². The second-order valence-corrected chi connectivity index (χ2v) is 5.55. The van der Waals surface area contributed by atoms with E-state index in [0.29, 0.717) is 5.56 Å². The van der Waals surface area contributed by atoms with Crippen molar-refractivity contribution in [3.63, 3.8) is 0 Å². The quantitative estimate of drug-likeness (QED) is 0.835. The van der Waals surface area contributed by atoms with E-state index in [9.17, 15) is 23.9 Å². The van der Waals surface area contributed by atoms with E-state index in [4.69, 9.17) is 10.6 Å². The van der Waals surface area contributed by atoms with Crippen molar-refractivity contribution in [1.82, 2.24) is 9.96 Å². The van der Waals surface area contributed by atoms with Gasteiger partial charge in [0.25, 0.3) is 5.91 Å². The Morgan fingerprint density at radius 1 is 1.46 bits per heavy atom. The van der Waals surface area contributed by atoms with Crippen molar-refractivity contribution in [2.24, 2.45) is 5.73 Å². The third kappa shape index (κ3) is 3.46. The molecule has 130 valence electrons. The van der Waals surface area contributed by atoms with E-state index in [1.807, 2.05) is 0 Å². The molecule has 3 amide bonds. The zero-order valence-electron chi connectivity index (χ0n) is 13.2. The molecule has 1 aliphatic rings. The lowest BCUT2D eigenvalue weighted by molar-refractivity contribution is -0.221. The van der Waals surface area contributed by atoms with Gasteiger partial charge in [0.05, 0.1) is 6.04 Å². The lowest BCUT2D eigenvalue weighted by Gasteiger charge is -2.41. The second kappa shape index (κ2) is 6.83. The molecule has 2 atom stereocenters. The number of nitrogens with two attached hydrogens (primary N) is 1. The Morgan fingerprint density at radius 2 is 2.12 bits per heavy atom. The van der Waals surface area contributed by atoms with Crippen molar-refractivity contribution in [2.45, 2.75) is 32.5 Å². The monoisotopic (exact) mass is 339 g/mol. The molecule has 0 unspecified atom stereocenters. The summed E-state index contributed by atoms with van der Waals surface area (Å²) in [5.74, 6) is -2.35. The molecule has 1 saturated heterocycles. The van der Waals surface area contributed by atoms with Crippen molar-refractivity contribution >= 4 is 17.9 Å². The molecule has 1 aromatic carbocycles. The highest BCUT2D eigenvalue weighted by atomic mass is 19.1. The van der Waals surface area contributed by atoms with Crippen LogP contribution in [0.3, 0.4) is 0 Å². The molecule has 1 fully saturated rings. The number of carboxylic acid groups (broad SMARTS) is 1. The second-order valence-electron chi connectivity index (χ2n) is 5.55. The van der Waals surface area contributed by atoms with Crippen LogP contribution >= 0.6 is 0 Å². The Kier molecular flexibility index (Phi) is 5.03. The molecule has 0 aliphatic carbocycles. The van der Waals surface area contributed by atoms with E-state index in [1.165, 1.54) is 19.1 Å². The third-order valence-electron chi connectivity index (χ3n) is 3.92. The van der Waals surface area contributed by atoms with Crippen LogP contribution in [0.25, 0.3) is 0 Å². The molecule has 0 radical (unpaired) electrons. The molecule has 24 heavy (non-hydrogen) atoms. The van der Waals surface area contributed by atoms with Crippen LogP contribution in [0.5, 0.6) is 0 Å². The van der Waals surface area contributed by atoms with Crippen LogP contribution in [0.1, 0.15) is 18.1 Å². The number of hydroxylamine groups is 2. The summed E-state index contributed by atoms with van der Waals surface area (Å²) in [5.41, 5.74) is 6.43. The van der Waals surface area contributed by atoms with Gasteiger partial charge in [-0.3, -0.25) is 14.5 Å². The minimum atomic E-state index is -1.33. The molecule has 1 aromatic rings. The average molecular weight is 339 g/mol. The molecule has 3 N–H and O–H groups in total. The normalized spacial score (nSPS) is 21.0. The van der Waals surface area contributed by atoms with Crippen molar-refractivity contribution in [2.75, 3.05) is 6.54 Å². The van der Waals surface area contributed by atoms with E-state index in [-0.39, 0.29) is 6.61 Å². The van der Waals surface area contributed by atoms with Gasteiger partial charge in [0.15, 0.2) is 6.04 Å². The predicted octanol–water partition coefficient (Wildman–Crippen LogP) is 0.630. The number of aryl methyl sites for hydroxylation is 1. The number of carbonyl (C=O) groups is 3. The van der Waals surface area contributed by atoms with Crippen molar-refractivity contribution < 1.29 is 28.7 Å². The first kappa shape index (κ1) is 17.7. The predicted molar refractivity (Wildman–Crippen MR) is 79.9 cm³/mol. The van der Waals surface area contributed by atoms with E-state index in [0.717, 1.165) is 15.5 Å². The molecule has 0 aromatic heterocycles. The molecule has 9 heteroatoms. The number of urea groups is 1. The Balaban J connectivity index is 2.17. The van der Waals surface area contributed by atoms with Gasteiger partial charge in [-0.15, -0.1) is 0 Å². The molecule has 0 spiro atoms. The summed E-state index contributed by atoms with van der Waals surface area (Å²) in [6.45, 7) is 2.58. The summed E-state index contributed by atoms with van der Waals surface area (Å²) < 4.78 is 13.3. The van der Waals surface area contributed by atoms with Crippen LogP contribution in [0, 0.1) is 12.7 Å². The lowest BCUT2D eigenvalue weighted by Crippen LogP contribution is -2.65. The highest BCUT2D eigenvalue weighted by Crippen LogP contribution is 2.21. The third-order valence-corrected chi connectivity index (χ3v) is 3.92. The first-order valence-electron chi connectivity index (χ1n) is 7.21. The largest absolute Gasteiger partial charge is 0.480 e. The molecule has 1 aliphatic heterocycles. The summed E-state index contributed by atoms with van der Waals surface area (Å²) >= 11 is 0. The van der Waals surface area contributed by atoms with Gasteiger partial charge >= 0.3 is 12.0 Å². The average Bonchev–Trinajstić information content (AvgIpc) is 2.49. The van der Waals surface area contributed by atoms with E-state index >= 15 is 0 Å². The smallest absolute Gasteiger partial charge is 0.328 e. The standard InChI is InChI=1S/C15H18FN3O5/c1-8-3-4-11(16)5-10(8)7-24-19-9(2)13(14(21)22)18(15(17)23)6-12(19)20/h3-5,9,13H,6-7H2,1-2H3,(H2,17,23)(H,21,22)/t9-,13+/m0/s1. The maximum atomic E-state index is 13.3.